The maximum atomic E-state index is 13.2. The Balaban J connectivity index is 2.48. The Bertz CT molecular complexity index is 1090. The minimum absolute atomic E-state index is 0.0337. The van der Waals surface area contributed by atoms with Gasteiger partial charge >= 0.3 is 5.97 Å². The number of primary amides is 1. The van der Waals surface area contributed by atoms with Crippen LogP contribution in [0.1, 0.15) is 18.9 Å². The molecular formula is C23H32N6O9S. The molecule has 1 aromatic carbocycles. The van der Waals surface area contributed by atoms with Crippen LogP contribution in [0.4, 0.5) is 0 Å². The fraction of sp³-hybridized carbons (Fsp3) is 0.478. The number of amides is 5. The zero-order valence-corrected chi connectivity index (χ0v) is 21.8. The van der Waals surface area contributed by atoms with Gasteiger partial charge in [0.15, 0.2) is 0 Å². The molecule has 0 spiro atoms. The number of carbonyl (C=O) groups is 6. The highest BCUT2D eigenvalue weighted by Gasteiger charge is 2.35. The molecule has 16 heteroatoms. The number of thioether (sulfide) groups is 1. The second-order valence-electron chi connectivity index (χ2n) is 8.89. The van der Waals surface area contributed by atoms with Crippen LogP contribution in [0.2, 0.25) is 0 Å². The van der Waals surface area contributed by atoms with Gasteiger partial charge in [-0.3, -0.25) is 28.8 Å². The standard InChI is InChI=1S/C23H32N6O9S/c1-10-19(33)28-15(7-17(25)32)21(35)27-14(6-11-2-4-12(31)5-3-11)18(23(37)38)39-9-13(24)20(34)29-16(8-30)22(36)26-10/h2-5,10,13-16,18,30-31H,6-9,24H2,1H3,(H2,25,32)(H,26,36)(H,27,35)(H,28,33)(H,29,34)(H,37,38)/t10-,13?,14?,15?,16?,18?/m0/s1. The molecule has 2 rings (SSSR count). The van der Waals surface area contributed by atoms with Crippen LogP contribution in [0.15, 0.2) is 24.3 Å². The van der Waals surface area contributed by atoms with Gasteiger partial charge in [-0.05, 0) is 31.0 Å². The van der Waals surface area contributed by atoms with E-state index in [4.69, 9.17) is 11.5 Å². The van der Waals surface area contributed by atoms with Gasteiger partial charge in [0.25, 0.3) is 0 Å². The molecule has 5 unspecified atom stereocenters. The molecule has 0 radical (unpaired) electrons. The average Bonchev–Trinajstić information content (AvgIpc) is 2.86. The minimum Gasteiger partial charge on any atom is -0.508 e. The Morgan fingerprint density at radius 1 is 0.949 bits per heavy atom. The summed E-state index contributed by atoms with van der Waals surface area (Å²) in [7, 11) is 0. The molecule has 0 aromatic heterocycles. The fourth-order valence-corrected chi connectivity index (χ4v) is 4.71. The molecule has 1 aliphatic heterocycles. The summed E-state index contributed by atoms with van der Waals surface area (Å²) in [6, 6.07) is -0.918. The molecule has 11 N–H and O–H groups in total. The van der Waals surface area contributed by atoms with Gasteiger partial charge in [-0.25, -0.2) is 0 Å². The predicted molar refractivity (Wildman–Crippen MR) is 138 cm³/mol. The molecule has 1 aromatic rings. The van der Waals surface area contributed by atoms with Crippen molar-refractivity contribution in [3.8, 4) is 5.75 Å². The van der Waals surface area contributed by atoms with Crippen molar-refractivity contribution in [1.29, 1.82) is 0 Å². The topological polar surface area (TPSA) is 263 Å². The molecular weight excluding hydrogens is 536 g/mol. The van der Waals surface area contributed by atoms with E-state index < -0.39 is 84.0 Å². The fourth-order valence-electron chi connectivity index (χ4n) is 3.61. The van der Waals surface area contributed by atoms with Gasteiger partial charge in [0.2, 0.25) is 29.5 Å². The molecule has 1 fully saturated rings. The van der Waals surface area contributed by atoms with E-state index in [1.165, 1.54) is 31.2 Å². The van der Waals surface area contributed by atoms with Crippen LogP contribution in [0.25, 0.3) is 0 Å². The van der Waals surface area contributed by atoms with E-state index in [1.54, 1.807) is 0 Å². The van der Waals surface area contributed by atoms with Crippen molar-refractivity contribution < 1.29 is 44.1 Å². The van der Waals surface area contributed by atoms with Gasteiger partial charge in [0, 0.05) is 5.75 Å². The van der Waals surface area contributed by atoms with Crippen LogP contribution in [0, 0.1) is 0 Å². The SMILES string of the molecule is C[C@@H]1NC(=O)C(CO)NC(=O)C(N)CSC(C(=O)O)C(Cc2ccc(O)cc2)NC(=O)C(CC(N)=O)NC1=O. The molecule has 5 amide bonds. The Hall–Kier alpha value is -3.89. The first-order valence-electron chi connectivity index (χ1n) is 11.8. The van der Waals surface area contributed by atoms with Crippen LogP contribution in [-0.4, -0.2) is 98.6 Å². The maximum absolute atomic E-state index is 13.2. The Morgan fingerprint density at radius 2 is 1.54 bits per heavy atom. The van der Waals surface area contributed by atoms with Crippen LogP contribution in [0.3, 0.4) is 0 Å². The van der Waals surface area contributed by atoms with E-state index in [0.717, 1.165) is 11.8 Å². The lowest BCUT2D eigenvalue weighted by Gasteiger charge is -2.29. The largest absolute Gasteiger partial charge is 0.508 e. The normalized spacial score (nSPS) is 27.5. The van der Waals surface area contributed by atoms with Crippen LogP contribution in [-0.2, 0) is 35.2 Å². The molecule has 39 heavy (non-hydrogen) atoms. The van der Waals surface area contributed by atoms with Crippen LogP contribution >= 0.6 is 11.8 Å². The summed E-state index contributed by atoms with van der Waals surface area (Å²) in [4.78, 5) is 74.9. The number of aliphatic hydroxyl groups excluding tert-OH is 1. The Morgan fingerprint density at radius 3 is 2.10 bits per heavy atom. The number of benzene rings is 1. The van der Waals surface area contributed by atoms with Crippen molar-refractivity contribution >= 4 is 47.3 Å². The third-order valence-electron chi connectivity index (χ3n) is 5.73. The summed E-state index contributed by atoms with van der Waals surface area (Å²) in [5.41, 5.74) is 11.7. The lowest BCUT2D eigenvalue weighted by Crippen LogP contribution is -2.60. The second kappa shape index (κ2) is 14.3. The third-order valence-corrected chi connectivity index (χ3v) is 7.17. The number of phenolic OH excluding ortho intramolecular Hbond substituents is 1. The summed E-state index contributed by atoms with van der Waals surface area (Å²) in [6.45, 7) is 0.438. The van der Waals surface area contributed by atoms with Crippen molar-refractivity contribution in [1.82, 2.24) is 21.3 Å². The van der Waals surface area contributed by atoms with E-state index in [1.807, 2.05) is 0 Å². The summed E-state index contributed by atoms with van der Waals surface area (Å²) >= 11 is 0.744. The number of phenols is 1. The number of hydrogen-bond donors (Lipinski definition) is 9. The molecule has 1 heterocycles. The Labute approximate surface area is 227 Å². The van der Waals surface area contributed by atoms with Gasteiger partial charge in [0.1, 0.15) is 29.1 Å². The number of carboxylic acid groups (broad SMARTS) is 1. The number of carbonyl (C=O) groups excluding carboxylic acids is 5. The number of carboxylic acids is 1. The van der Waals surface area contributed by atoms with E-state index >= 15 is 0 Å². The zero-order chi connectivity index (χ0) is 29.3. The predicted octanol–water partition coefficient (Wildman–Crippen LogP) is -3.71. The molecule has 1 aliphatic rings. The van der Waals surface area contributed by atoms with Crippen LogP contribution < -0.4 is 32.7 Å². The zero-order valence-electron chi connectivity index (χ0n) is 21.0. The molecule has 0 aliphatic carbocycles. The molecule has 15 nitrogen and oxygen atoms in total. The monoisotopic (exact) mass is 568 g/mol. The van der Waals surface area contributed by atoms with Crippen molar-refractivity contribution in [2.45, 2.75) is 55.2 Å². The molecule has 214 valence electrons. The minimum atomic E-state index is -1.51. The van der Waals surface area contributed by atoms with Crippen molar-refractivity contribution in [2.75, 3.05) is 12.4 Å². The number of nitrogens with one attached hydrogen (secondary N) is 4. The first-order valence-corrected chi connectivity index (χ1v) is 12.9. The number of nitrogens with two attached hydrogens (primary N) is 2. The summed E-state index contributed by atoms with van der Waals surface area (Å²) in [6.07, 6.45) is -0.678. The Kier molecular flexibility index (Phi) is 11.5. The molecule has 0 bridgehead atoms. The van der Waals surface area contributed by atoms with E-state index in [-0.39, 0.29) is 17.9 Å². The van der Waals surface area contributed by atoms with Crippen LogP contribution in [0.5, 0.6) is 5.75 Å². The van der Waals surface area contributed by atoms with Gasteiger partial charge in [-0.1, -0.05) is 12.1 Å². The lowest BCUT2D eigenvalue weighted by atomic mass is 10.0. The maximum Gasteiger partial charge on any atom is 0.318 e. The summed E-state index contributed by atoms with van der Waals surface area (Å²) < 4.78 is 0. The highest BCUT2D eigenvalue weighted by Crippen LogP contribution is 2.21. The second-order valence-corrected chi connectivity index (χ2v) is 10.1. The van der Waals surface area contributed by atoms with Gasteiger partial charge in [-0.15, -0.1) is 11.8 Å². The number of rotatable bonds is 6. The van der Waals surface area contributed by atoms with Crippen molar-refractivity contribution in [3.05, 3.63) is 29.8 Å². The van der Waals surface area contributed by atoms with E-state index in [0.29, 0.717) is 5.56 Å². The van der Waals surface area contributed by atoms with E-state index in [2.05, 4.69) is 21.3 Å². The van der Waals surface area contributed by atoms with E-state index in [9.17, 15) is 44.1 Å². The summed E-state index contributed by atoms with van der Waals surface area (Å²) in [5.74, 6) is -6.16. The first-order chi connectivity index (χ1) is 18.3. The highest BCUT2D eigenvalue weighted by molar-refractivity contribution is 8.00. The smallest absolute Gasteiger partial charge is 0.318 e. The number of hydrogen-bond acceptors (Lipinski definition) is 10. The molecule has 1 saturated heterocycles. The highest BCUT2D eigenvalue weighted by atomic mass is 32.2. The summed E-state index contributed by atoms with van der Waals surface area (Å²) in [5, 5.41) is 37.1. The molecule has 0 saturated carbocycles. The van der Waals surface area contributed by atoms with Gasteiger partial charge in [-0.2, -0.15) is 0 Å². The quantitative estimate of drug-likeness (QED) is 0.161. The third kappa shape index (κ3) is 9.42. The van der Waals surface area contributed by atoms with Gasteiger partial charge in [0.05, 0.1) is 25.1 Å². The number of aromatic hydroxyl groups is 1. The van der Waals surface area contributed by atoms with Crippen molar-refractivity contribution in [2.24, 2.45) is 11.5 Å². The first kappa shape index (κ1) is 31.3. The van der Waals surface area contributed by atoms with Crippen molar-refractivity contribution in [3.63, 3.8) is 0 Å². The number of aliphatic hydroxyl groups is 1. The van der Waals surface area contributed by atoms with Gasteiger partial charge < -0.3 is 48.1 Å². The average molecular weight is 569 g/mol. The molecule has 6 atom stereocenters. The number of aliphatic carboxylic acids is 1. The lowest BCUT2D eigenvalue weighted by molar-refractivity contribution is -0.138.